The Morgan fingerprint density at radius 3 is 2.89 bits per heavy atom. The van der Waals surface area contributed by atoms with Gasteiger partial charge in [0.25, 0.3) is 5.95 Å². The summed E-state index contributed by atoms with van der Waals surface area (Å²) >= 11 is 11.6. The molecular weight excluding hydrogens is 279 g/mol. The van der Waals surface area contributed by atoms with Gasteiger partial charge in [-0.25, -0.2) is 10.1 Å². The Kier molecular flexibility index (Phi) is 3.54. The molecule has 4 N–H and O–H groups in total. The van der Waals surface area contributed by atoms with Crippen LogP contribution in [-0.2, 0) is 0 Å². The van der Waals surface area contributed by atoms with Crippen LogP contribution in [-0.4, -0.2) is 26.2 Å². The summed E-state index contributed by atoms with van der Waals surface area (Å²) in [5.41, 5.74) is 2.91. The fraction of sp³-hybridized carbons (Fsp3) is 0. The van der Waals surface area contributed by atoms with Gasteiger partial charge in [-0.2, -0.15) is 5.10 Å². The van der Waals surface area contributed by atoms with E-state index in [-0.39, 0.29) is 16.7 Å². The Bertz CT molecular complexity index is 597. The Morgan fingerprint density at radius 1 is 1.44 bits per heavy atom. The fourth-order valence-electron chi connectivity index (χ4n) is 1.17. The van der Waals surface area contributed by atoms with Crippen LogP contribution in [0.5, 0.6) is 5.75 Å². The largest absolute Gasteiger partial charge is 0.506 e. The summed E-state index contributed by atoms with van der Waals surface area (Å²) < 4.78 is 1.15. The first-order valence-corrected chi connectivity index (χ1v) is 5.45. The van der Waals surface area contributed by atoms with Gasteiger partial charge in [0.2, 0.25) is 0 Å². The predicted molar refractivity (Wildman–Crippen MR) is 69.5 cm³/mol. The maximum Gasteiger partial charge on any atom is 0.263 e. The van der Waals surface area contributed by atoms with Crippen LogP contribution in [0.4, 0.5) is 5.95 Å². The number of nitrogen functional groups attached to an aromatic ring is 1. The van der Waals surface area contributed by atoms with Gasteiger partial charge in [0.1, 0.15) is 12.1 Å². The SMILES string of the molecule is Nn1cnnc1NN=Cc1cc(Cl)cc(Cl)c1O. The highest BCUT2D eigenvalue weighted by atomic mass is 35.5. The summed E-state index contributed by atoms with van der Waals surface area (Å²) in [5.74, 6) is 5.60. The number of anilines is 1. The molecule has 2 rings (SSSR count). The Balaban J connectivity index is 2.17. The molecule has 0 amide bonds. The van der Waals surface area contributed by atoms with Crippen molar-refractivity contribution in [3.63, 3.8) is 0 Å². The molecule has 2 aromatic rings. The molecule has 0 aliphatic carbocycles. The second-order valence-electron chi connectivity index (χ2n) is 3.26. The van der Waals surface area contributed by atoms with Gasteiger partial charge in [-0.15, -0.1) is 10.2 Å². The third kappa shape index (κ3) is 2.63. The number of rotatable bonds is 3. The summed E-state index contributed by atoms with van der Waals surface area (Å²) in [6.45, 7) is 0. The number of phenolic OH excluding ortho intramolecular Hbond substituents is 1. The lowest BCUT2D eigenvalue weighted by Gasteiger charge is -2.02. The van der Waals surface area contributed by atoms with Crippen molar-refractivity contribution in [1.29, 1.82) is 0 Å². The number of benzene rings is 1. The standard InChI is InChI=1S/C9H8Cl2N6O/c10-6-1-5(8(18)7(11)2-6)3-13-15-9-16-14-4-17(9)12/h1-4,18H,12H2,(H,15,16). The average Bonchev–Trinajstić information content (AvgIpc) is 2.71. The van der Waals surface area contributed by atoms with Crippen molar-refractivity contribution >= 4 is 35.4 Å². The van der Waals surface area contributed by atoms with E-state index in [1.54, 1.807) is 0 Å². The summed E-state index contributed by atoms with van der Waals surface area (Å²) in [6.07, 6.45) is 2.65. The molecule has 0 atom stereocenters. The van der Waals surface area contributed by atoms with Crippen molar-refractivity contribution in [2.24, 2.45) is 5.10 Å². The van der Waals surface area contributed by atoms with Crippen molar-refractivity contribution in [2.75, 3.05) is 11.3 Å². The van der Waals surface area contributed by atoms with Crippen molar-refractivity contribution in [3.8, 4) is 5.75 Å². The lowest BCUT2D eigenvalue weighted by molar-refractivity contribution is 0.475. The minimum Gasteiger partial charge on any atom is -0.506 e. The summed E-state index contributed by atoms with van der Waals surface area (Å²) in [7, 11) is 0. The van der Waals surface area contributed by atoms with Crippen LogP contribution in [0.25, 0.3) is 0 Å². The number of nitrogens with two attached hydrogens (primary N) is 1. The number of aromatic nitrogens is 3. The number of aromatic hydroxyl groups is 1. The van der Waals surface area contributed by atoms with Crippen molar-refractivity contribution in [3.05, 3.63) is 34.1 Å². The van der Waals surface area contributed by atoms with Crippen LogP contribution < -0.4 is 11.3 Å². The zero-order valence-corrected chi connectivity index (χ0v) is 10.4. The van der Waals surface area contributed by atoms with E-state index in [0.29, 0.717) is 10.6 Å². The monoisotopic (exact) mass is 286 g/mol. The third-order valence-electron chi connectivity index (χ3n) is 2.00. The van der Waals surface area contributed by atoms with Gasteiger partial charge in [0, 0.05) is 10.6 Å². The molecule has 0 saturated carbocycles. The average molecular weight is 287 g/mol. The molecule has 0 spiro atoms. The molecule has 0 saturated heterocycles. The van der Waals surface area contributed by atoms with Gasteiger partial charge < -0.3 is 10.9 Å². The first-order valence-electron chi connectivity index (χ1n) is 4.70. The molecule has 1 heterocycles. The smallest absolute Gasteiger partial charge is 0.263 e. The second-order valence-corrected chi connectivity index (χ2v) is 4.10. The van der Waals surface area contributed by atoms with E-state index < -0.39 is 0 Å². The first-order chi connectivity index (χ1) is 8.58. The normalized spacial score (nSPS) is 11.0. The Labute approximate surface area is 112 Å². The molecule has 1 aromatic heterocycles. The molecule has 1 aromatic carbocycles. The minimum absolute atomic E-state index is 0.110. The lowest BCUT2D eigenvalue weighted by atomic mass is 10.2. The zero-order chi connectivity index (χ0) is 13.1. The summed E-state index contributed by atoms with van der Waals surface area (Å²) in [4.78, 5) is 0. The first kappa shape index (κ1) is 12.5. The van der Waals surface area contributed by atoms with Crippen molar-refractivity contribution in [1.82, 2.24) is 14.9 Å². The molecular formula is C9H8Cl2N6O. The Hall–Kier alpha value is -1.99. The summed E-state index contributed by atoms with van der Waals surface area (Å²) in [6, 6.07) is 2.95. The molecule has 94 valence electrons. The highest BCUT2D eigenvalue weighted by Gasteiger charge is 2.06. The number of hydrazone groups is 1. The second kappa shape index (κ2) is 5.11. The quantitative estimate of drug-likeness (QED) is 0.450. The van der Waals surface area contributed by atoms with E-state index >= 15 is 0 Å². The maximum atomic E-state index is 9.67. The van der Waals surface area contributed by atoms with E-state index in [4.69, 9.17) is 29.0 Å². The van der Waals surface area contributed by atoms with Crippen LogP contribution in [0.3, 0.4) is 0 Å². The van der Waals surface area contributed by atoms with E-state index in [2.05, 4.69) is 20.7 Å². The number of hydrogen-bond donors (Lipinski definition) is 3. The molecule has 0 bridgehead atoms. The molecule has 9 heteroatoms. The number of nitrogens with zero attached hydrogens (tertiary/aromatic N) is 4. The molecule has 0 aliphatic rings. The van der Waals surface area contributed by atoms with Crippen LogP contribution >= 0.6 is 23.2 Å². The van der Waals surface area contributed by atoms with Gasteiger partial charge in [0.05, 0.1) is 11.2 Å². The molecule has 7 nitrogen and oxygen atoms in total. The Morgan fingerprint density at radius 2 is 2.22 bits per heavy atom. The summed E-state index contributed by atoms with van der Waals surface area (Å²) in [5, 5.41) is 21.2. The highest BCUT2D eigenvalue weighted by Crippen LogP contribution is 2.29. The van der Waals surface area contributed by atoms with Crippen LogP contribution in [0.1, 0.15) is 5.56 Å². The maximum absolute atomic E-state index is 9.67. The number of halogens is 2. The van der Waals surface area contributed by atoms with E-state index in [9.17, 15) is 5.11 Å². The number of hydrogen-bond acceptors (Lipinski definition) is 6. The van der Waals surface area contributed by atoms with Crippen molar-refractivity contribution in [2.45, 2.75) is 0 Å². The van der Waals surface area contributed by atoms with Crippen LogP contribution in [0.2, 0.25) is 10.0 Å². The molecule has 0 aliphatic heterocycles. The topological polar surface area (TPSA) is 101 Å². The van der Waals surface area contributed by atoms with E-state index in [1.807, 2.05) is 0 Å². The third-order valence-corrected chi connectivity index (χ3v) is 2.51. The van der Waals surface area contributed by atoms with E-state index in [0.717, 1.165) is 4.68 Å². The lowest BCUT2D eigenvalue weighted by Crippen LogP contribution is -2.10. The van der Waals surface area contributed by atoms with Gasteiger partial charge in [0.15, 0.2) is 0 Å². The molecule has 18 heavy (non-hydrogen) atoms. The number of phenols is 1. The van der Waals surface area contributed by atoms with Crippen molar-refractivity contribution < 1.29 is 5.11 Å². The van der Waals surface area contributed by atoms with E-state index in [1.165, 1.54) is 24.7 Å². The van der Waals surface area contributed by atoms with Gasteiger partial charge in [-0.1, -0.05) is 23.2 Å². The molecule has 0 fully saturated rings. The fourth-order valence-corrected chi connectivity index (χ4v) is 1.68. The number of nitrogens with one attached hydrogen (secondary N) is 1. The molecule has 0 unspecified atom stereocenters. The van der Waals surface area contributed by atoms with Crippen LogP contribution in [0.15, 0.2) is 23.6 Å². The van der Waals surface area contributed by atoms with Gasteiger partial charge in [-0.3, -0.25) is 0 Å². The predicted octanol–water partition coefficient (Wildman–Crippen LogP) is 1.45. The van der Waals surface area contributed by atoms with Gasteiger partial charge in [-0.05, 0) is 12.1 Å². The van der Waals surface area contributed by atoms with Crippen LogP contribution in [0, 0.1) is 0 Å². The minimum atomic E-state index is -0.110. The molecule has 0 radical (unpaired) electrons. The zero-order valence-electron chi connectivity index (χ0n) is 8.88. The van der Waals surface area contributed by atoms with Gasteiger partial charge >= 0.3 is 0 Å². The highest BCUT2D eigenvalue weighted by molar-refractivity contribution is 6.36.